The third kappa shape index (κ3) is 3.30. The maximum absolute atomic E-state index is 9.38. The number of nitrogens with one attached hydrogen (secondary N) is 1. The van der Waals surface area contributed by atoms with Gasteiger partial charge in [0.2, 0.25) is 0 Å². The molecule has 0 aliphatic heterocycles. The second-order valence-electron chi connectivity index (χ2n) is 4.44. The molecule has 0 saturated carbocycles. The fraction of sp³-hybridized carbons (Fsp3) is 0.400. The van der Waals surface area contributed by atoms with Gasteiger partial charge in [0.1, 0.15) is 5.75 Å². The van der Waals surface area contributed by atoms with E-state index in [1.54, 1.807) is 0 Å². The Labute approximate surface area is 119 Å². The summed E-state index contributed by atoms with van der Waals surface area (Å²) < 4.78 is 7.56. The summed E-state index contributed by atoms with van der Waals surface area (Å²) in [6.45, 7) is 6.19. The number of ether oxygens (including phenoxy) is 1. The van der Waals surface area contributed by atoms with E-state index in [0.29, 0.717) is 13.2 Å². The van der Waals surface area contributed by atoms with E-state index in [-0.39, 0.29) is 6.61 Å². The molecule has 20 heavy (non-hydrogen) atoms. The minimum absolute atomic E-state index is 0.0300. The van der Waals surface area contributed by atoms with Gasteiger partial charge in [0.05, 0.1) is 31.8 Å². The van der Waals surface area contributed by atoms with E-state index in [1.807, 2.05) is 37.6 Å². The molecule has 0 aliphatic rings. The van der Waals surface area contributed by atoms with Gasteiger partial charge in [0.15, 0.2) is 0 Å². The van der Waals surface area contributed by atoms with Gasteiger partial charge in [0.25, 0.3) is 0 Å². The molecular weight excluding hydrogens is 254 g/mol. The van der Waals surface area contributed by atoms with Crippen molar-refractivity contribution in [1.29, 1.82) is 0 Å². The summed E-state index contributed by atoms with van der Waals surface area (Å²) in [6, 6.07) is 5.75. The van der Waals surface area contributed by atoms with Crippen LogP contribution < -0.4 is 10.1 Å². The van der Waals surface area contributed by atoms with Crippen LogP contribution in [0.5, 0.6) is 5.75 Å². The van der Waals surface area contributed by atoms with Gasteiger partial charge in [-0.1, -0.05) is 0 Å². The van der Waals surface area contributed by atoms with Crippen LogP contribution in [0.25, 0.3) is 0 Å². The van der Waals surface area contributed by atoms with Crippen LogP contribution in [0.2, 0.25) is 0 Å². The van der Waals surface area contributed by atoms with E-state index in [4.69, 9.17) is 4.74 Å². The highest BCUT2D eigenvalue weighted by Gasteiger charge is 2.05. The number of aromatic nitrogens is 2. The number of hydrogen-bond acceptors (Lipinski definition) is 4. The lowest BCUT2D eigenvalue weighted by atomic mass is 10.2. The maximum atomic E-state index is 9.38. The highest BCUT2D eigenvalue weighted by atomic mass is 16.5. The molecule has 5 heteroatoms. The zero-order valence-corrected chi connectivity index (χ0v) is 12.0. The van der Waals surface area contributed by atoms with Gasteiger partial charge < -0.3 is 19.7 Å². The third-order valence-corrected chi connectivity index (χ3v) is 3.14. The molecule has 0 radical (unpaired) electrons. The predicted octanol–water partition coefficient (Wildman–Crippen LogP) is 2.41. The van der Waals surface area contributed by atoms with Crippen molar-refractivity contribution in [1.82, 2.24) is 9.55 Å². The van der Waals surface area contributed by atoms with E-state index in [0.717, 1.165) is 29.2 Å². The van der Waals surface area contributed by atoms with Crippen LogP contribution in [0, 0.1) is 0 Å². The number of aliphatic hydroxyl groups is 1. The number of benzene rings is 1. The van der Waals surface area contributed by atoms with E-state index < -0.39 is 0 Å². The molecule has 1 aromatic heterocycles. The van der Waals surface area contributed by atoms with Crippen LogP contribution in [-0.4, -0.2) is 21.3 Å². The highest BCUT2D eigenvalue weighted by molar-refractivity contribution is 5.51. The molecule has 5 nitrogen and oxygen atoms in total. The minimum Gasteiger partial charge on any atom is -0.494 e. The van der Waals surface area contributed by atoms with Crippen molar-refractivity contribution in [2.45, 2.75) is 33.5 Å². The Morgan fingerprint density at radius 2 is 2.20 bits per heavy atom. The predicted molar refractivity (Wildman–Crippen MR) is 78.8 cm³/mol. The summed E-state index contributed by atoms with van der Waals surface area (Å²) in [5.74, 6) is 0.735. The Morgan fingerprint density at radius 3 is 2.90 bits per heavy atom. The molecule has 2 rings (SSSR count). The van der Waals surface area contributed by atoms with Crippen LogP contribution in [-0.2, 0) is 19.7 Å². The zero-order valence-electron chi connectivity index (χ0n) is 12.0. The molecule has 1 heterocycles. The molecule has 1 aromatic carbocycles. The van der Waals surface area contributed by atoms with Crippen LogP contribution >= 0.6 is 0 Å². The Hall–Kier alpha value is -2.01. The average Bonchev–Trinajstić information content (AvgIpc) is 2.94. The molecule has 2 aromatic rings. The number of rotatable bonds is 7. The normalized spacial score (nSPS) is 10.6. The number of anilines is 1. The lowest BCUT2D eigenvalue weighted by molar-refractivity contribution is 0.267. The first-order chi connectivity index (χ1) is 9.78. The zero-order chi connectivity index (χ0) is 14.4. The second-order valence-corrected chi connectivity index (χ2v) is 4.44. The summed E-state index contributed by atoms with van der Waals surface area (Å²) in [5.41, 5.74) is 2.88. The van der Waals surface area contributed by atoms with E-state index in [1.165, 1.54) is 0 Å². The van der Waals surface area contributed by atoms with Crippen LogP contribution in [0.4, 0.5) is 5.69 Å². The highest BCUT2D eigenvalue weighted by Crippen LogP contribution is 2.23. The van der Waals surface area contributed by atoms with Crippen molar-refractivity contribution >= 4 is 5.69 Å². The Balaban J connectivity index is 2.06. The standard InChI is InChI=1S/C15H21N3O2/c1-3-18-11-16-8-14(18)9-17-13-5-6-15(20-4-2)12(7-13)10-19/h5-8,11,17,19H,3-4,9-10H2,1-2H3. The molecule has 0 bridgehead atoms. The summed E-state index contributed by atoms with van der Waals surface area (Å²) in [7, 11) is 0. The number of nitrogens with zero attached hydrogens (tertiary/aromatic N) is 2. The van der Waals surface area contributed by atoms with E-state index >= 15 is 0 Å². The Bertz CT molecular complexity index is 552. The first kappa shape index (κ1) is 14.4. The van der Waals surface area contributed by atoms with Gasteiger partial charge in [-0.25, -0.2) is 4.98 Å². The van der Waals surface area contributed by atoms with Crippen LogP contribution in [0.3, 0.4) is 0 Å². The lowest BCUT2D eigenvalue weighted by Gasteiger charge is -2.12. The molecule has 0 saturated heterocycles. The van der Waals surface area contributed by atoms with Gasteiger partial charge in [-0.05, 0) is 32.0 Å². The fourth-order valence-electron chi connectivity index (χ4n) is 2.08. The van der Waals surface area contributed by atoms with Crippen molar-refractivity contribution in [3.8, 4) is 5.75 Å². The molecule has 0 unspecified atom stereocenters. The molecule has 0 aliphatic carbocycles. The van der Waals surface area contributed by atoms with Crippen LogP contribution in [0.1, 0.15) is 25.1 Å². The maximum Gasteiger partial charge on any atom is 0.124 e. The second kappa shape index (κ2) is 6.96. The van der Waals surface area contributed by atoms with Crippen molar-refractivity contribution in [2.24, 2.45) is 0 Å². The number of hydrogen-bond donors (Lipinski definition) is 2. The van der Waals surface area contributed by atoms with Crippen LogP contribution in [0.15, 0.2) is 30.7 Å². The lowest BCUT2D eigenvalue weighted by Crippen LogP contribution is -2.06. The Morgan fingerprint density at radius 1 is 1.35 bits per heavy atom. The van der Waals surface area contributed by atoms with Gasteiger partial charge in [0, 0.05) is 24.0 Å². The largest absolute Gasteiger partial charge is 0.494 e. The monoisotopic (exact) mass is 275 g/mol. The average molecular weight is 275 g/mol. The molecular formula is C15H21N3O2. The molecule has 0 fully saturated rings. The van der Waals surface area contributed by atoms with E-state index in [9.17, 15) is 5.11 Å². The molecule has 108 valence electrons. The van der Waals surface area contributed by atoms with Crippen molar-refractivity contribution in [3.63, 3.8) is 0 Å². The fourth-order valence-corrected chi connectivity index (χ4v) is 2.08. The molecule has 2 N–H and O–H groups in total. The van der Waals surface area contributed by atoms with Gasteiger partial charge >= 0.3 is 0 Å². The van der Waals surface area contributed by atoms with Gasteiger partial charge in [-0.2, -0.15) is 0 Å². The molecule has 0 amide bonds. The SMILES string of the molecule is CCOc1ccc(NCc2cncn2CC)cc1CO. The van der Waals surface area contributed by atoms with Crippen molar-refractivity contribution in [3.05, 3.63) is 42.0 Å². The van der Waals surface area contributed by atoms with Gasteiger partial charge in [-0.15, -0.1) is 0 Å². The smallest absolute Gasteiger partial charge is 0.124 e. The first-order valence-corrected chi connectivity index (χ1v) is 6.88. The number of aryl methyl sites for hydroxylation is 1. The van der Waals surface area contributed by atoms with Crippen molar-refractivity contribution in [2.75, 3.05) is 11.9 Å². The van der Waals surface area contributed by atoms with E-state index in [2.05, 4.69) is 21.8 Å². The number of aliphatic hydroxyl groups excluding tert-OH is 1. The third-order valence-electron chi connectivity index (χ3n) is 3.14. The Kier molecular flexibility index (Phi) is 5.01. The summed E-state index contributed by atoms with van der Waals surface area (Å²) >= 11 is 0. The molecule has 0 spiro atoms. The van der Waals surface area contributed by atoms with Crippen molar-refractivity contribution < 1.29 is 9.84 Å². The summed E-state index contributed by atoms with van der Waals surface area (Å²) in [4.78, 5) is 4.14. The summed E-state index contributed by atoms with van der Waals surface area (Å²) in [6.07, 6.45) is 3.69. The topological polar surface area (TPSA) is 59.3 Å². The number of imidazole rings is 1. The first-order valence-electron chi connectivity index (χ1n) is 6.88. The van der Waals surface area contributed by atoms with Gasteiger partial charge in [-0.3, -0.25) is 0 Å². The minimum atomic E-state index is -0.0300. The molecule has 0 atom stereocenters. The summed E-state index contributed by atoms with van der Waals surface area (Å²) in [5, 5.41) is 12.7. The quantitative estimate of drug-likeness (QED) is 0.814.